The largest absolute Gasteiger partial charge is 0.385 e. The van der Waals surface area contributed by atoms with Gasteiger partial charge in [0.25, 0.3) is 0 Å². The quantitative estimate of drug-likeness (QED) is 0.395. The van der Waals surface area contributed by atoms with Crippen LogP contribution in [0.2, 0.25) is 0 Å². The first kappa shape index (κ1) is 24.8. The van der Waals surface area contributed by atoms with Gasteiger partial charge < -0.3 is 10.4 Å². The lowest BCUT2D eigenvalue weighted by molar-refractivity contribution is -0.131. The number of ketones is 1. The van der Waals surface area contributed by atoms with Crippen LogP contribution in [0.25, 0.3) is 0 Å². The molecule has 0 saturated carbocycles. The lowest BCUT2D eigenvalue weighted by atomic mass is 9.95. The van der Waals surface area contributed by atoms with Crippen molar-refractivity contribution in [2.45, 2.75) is 58.6 Å². The van der Waals surface area contributed by atoms with E-state index in [1.807, 2.05) is 51.1 Å². The number of halogens is 1. The molecule has 0 spiro atoms. The van der Waals surface area contributed by atoms with Crippen molar-refractivity contribution in [3.8, 4) is 0 Å². The van der Waals surface area contributed by atoms with Gasteiger partial charge >= 0.3 is 0 Å². The predicted molar refractivity (Wildman–Crippen MR) is 103 cm³/mol. The Morgan fingerprint density at radius 3 is 2.33 bits per heavy atom. The maximum atomic E-state index is 11.9. The van der Waals surface area contributed by atoms with E-state index in [0.29, 0.717) is 0 Å². The zero-order chi connectivity index (χ0) is 20.7. The molecule has 8 nitrogen and oxygen atoms in total. The third-order valence-corrected chi connectivity index (χ3v) is 4.00. The Bertz CT molecular complexity index is 598. The van der Waals surface area contributed by atoms with E-state index >= 15 is 0 Å². The fraction of sp³-hybridized carbons (Fsp3) is 0.556. The number of nitrogens with one attached hydrogen (secondary N) is 2. The van der Waals surface area contributed by atoms with Gasteiger partial charge in [-0.15, -0.1) is 0 Å². The molecule has 9 heteroatoms. The van der Waals surface area contributed by atoms with Crippen LogP contribution >= 0.6 is 11.8 Å². The molecule has 1 aromatic rings. The molecule has 0 fully saturated rings. The summed E-state index contributed by atoms with van der Waals surface area (Å²) < 4.78 is 2.60. The van der Waals surface area contributed by atoms with Crippen LogP contribution in [-0.2, 0) is 9.59 Å². The van der Waals surface area contributed by atoms with Crippen LogP contribution < -0.4 is 5.32 Å². The van der Waals surface area contributed by atoms with E-state index in [9.17, 15) is 14.7 Å². The summed E-state index contributed by atoms with van der Waals surface area (Å²) in [4.78, 5) is 23.8. The van der Waals surface area contributed by atoms with E-state index in [0.717, 1.165) is 18.4 Å². The Balaban J connectivity index is 0.00000119. The van der Waals surface area contributed by atoms with Crippen LogP contribution in [0.1, 0.15) is 58.1 Å². The maximum absolute atomic E-state index is 11.9. The van der Waals surface area contributed by atoms with Crippen molar-refractivity contribution in [1.82, 2.24) is 5.32 Å². The number of aliphatic hydroxyl groups is 1. The molecule has 3 N–H and O–H groups in total. The molecule has 0 saturated heterocycles. The topological polar surface area (TPSA) is 127 Å². The number of Topliss-reactive ketones (excluding diaryl/α,β-unsaturated/α-hetero) is 1. The molecule has 0 aromatic heterocycles. The van der Waals surface area contributed by atoms with Gasteiger partial charge in [-0.1, -0.05) is 55.2 Å². The number of aliphatic hydroxyl groups excluding tert-OH is 1. The lowest BCUT2D eigenvalue weighted by Crippen LogP contribution is -2.31. The summed E-state index contributed by atoms with van der Waals surface area (Å²) in [6.07, 6.45) is 0.977. The summed E-state index contributed by atoms with van der Waals surface area (Å²) in [5.41, 5.74) is 6.91. The van der Waals surface area contributed by atoms with Crippen molar-refractivity contribution in [3.05, 3.63) is 35.9 Å². The smallest absolute Gasteiger partial charge is 0.220 e. The summed E-state index contributed by atoms with van der Waals surface area (Å²) in [5, 5.41) is 17.9. The molecule has 1 amide bonds. The Hall–Kier alpha value is -2.19. The Morgan fingerprint density at radius 2 is 1.85 bits per heavy atom. The third kappa shape index (κ3) is 11.2. The summed E-state index contributed by atoms with van der Waals surface area (Å²) in [5.74, 6) is -0.455. The van der Waals surface area contributed by atoms with Crippen molar-refractivity contribution in [2.24, 2.45) is 21.0 Å². The molecule has 27 heavy (non-hydrogen) atoms. The molecule has 1 rings (SSSR count). The standard InChI is InChI=1S/C18H27NO3.ClHN4/c1-4-8-13(2)18(22)16(20)11-12-17(21)19-14(3)15-9-6-5-7-10-15;1-3-5-4-2/h5-7,9-10,13-14,16,20H,4,8,11-12H2,1-3H3,(H,19,21);2H/t13?,14-,16-;/m1./s1. The van der Waals surface area contributed by atoms with E-state index in [1.165, 1.54) is 0 Å². The minimum absolute atomic E-state index is 0.0828. The number of amides is 1. The number of nitrogens with zero attached hydrogens (tertiary/aromatic N) is 3. The molecule has 3 atom stereocenters. The van der Waals surface area contributed by atoms with E-state index < -0.39 is 6.10 Å². The zero-order valence-electron chi connectivity index (χ0n) is 15.9. The summed E-state index contributed by atoms with van der Waals surface area (Å²) in [6, 6.07) is 9.61. The molecular formula is C18H28ClN5O3. The summed E-state index contributed by atoms with van der Waals surface area (Å²) in [6.45, 7) is 5.75. The van der Waals surface area contributed by atoms with E-state index in [-0.39, 0.29) is 36.5 Å². The van der Waals surface area contributed by atoms with Crippen molar-refractivity contribution in [1.29, 1.82) is 5.53 Å². The first-order chi connectivity index (χ1) is 12.9. The van der Waals surface area contributed by atoms with E-state index in [4.69, 9.17) is 5.53 Å². The molecular weight excluding hydrogens is 370 g/mol. The first-order valence-corrected chi connectivity index (χ1v) is 9.14. The Labute approximate surface area is 165 Å². The van der Waals surface area contributed by atoms with Gasteiger partial charge in [0.1, 0.15) is 6.10 Å². The fourth-order valence-electron chi connectivity index (χ4n) is 2.47. The Kier molecular flexibility index (Phi) is 13.7. The fourth-order valence-corrected chi connectivity index (χ4v) is 2.50. The van der Waals surface area contributed by atoms with Crippen molar-refractivity contribution in [2.75, 3.05) is 0 Å². The number of hydrogen-bond acceptors (Lipinski definition) is 5. The van der Waals surface area contributed by atoms with Crippen LogP contribution in [0.15, 0.2) is 45.4 Å². The van der Waals surface area contributed by atoms with Gasteiger partial charge in [0.15, 0.2) is 5.78 Å². The van der Waals surface area contributed by atoms with Gasteiger partial charge in [-0.05, 0) is 35.8 Å². The zero-order valence-corrected chi connectivity index (χ0v) is 16.7. The first-order valence-electron chi connectivity index (χ1n) is 8.81. The molecule has 0 bridgehead atoms. The Morgan fingerprint density at radius 1 is 1.22 bits per heavy atom. The highest BCUT2D eigenvalue weighted by atomic mass is 35.5. The van der Waals surface area contributed by atoms with Crippen LogP contribution in [0.4, 0.5) is 0 Å². The van der Waals surface area contributed by atoms with Gasteiger partial charge in [-0.25, -0.2) is 0 Å². The van der Waals surface area contributed by atoms with Crippen molar-refractivity contribution >= 4 is 23.5 Å². The minimum atomic E-state index is -1.04. The average molecular weight is 398 g/mol. The van der Waals surface area contributed by atoms with Crippen molar-refractivity contribution in [3.63, 3.8) is 0 Å². The van der Waals surface area contributed by atoms with Crippen LogP contribution in [0.5, 0.6) is 0 Å². The molecule has 0 heterocycles. The molecule has 1 aromatic carbocycles. The van der Waals surface area contributed by atoms with Gasteiger partial charge in [0, 0.05) is 12.3 Å². The molecule has 150 valence electrons. The van der Waals surface area contributed by atoms with Gasteiger partial charge in [0.2, 0.25) is 5.91 Å². The highest BCUT2D eigenvalue weighted by Gasteiger charge is 2.22. The van der Waals surface area contributed by atoms with Crippen LogP contribution in [0.3, 0.4) is 0 Å². The molecule has 0 aliphatic carbocycles. The summed E-state index contributed by atoms with van der Waals surface area (Å²) in [7, 11) is 0. The molecule has 0 aliphatic rings. The number of hydrogen-bond donors (Lipinski definition) is 3. The highest BCUT2D eigenvalue weighted by Crippen LogP contribution is 2.14. The van der Waals surface area contributed by atoms with Crippen molar-refractivity contribution < 1.29 is 14.7 Å². The van der Waals surface area contributed by atoms with E-state index in [1.54, 1.807) is 0 Å². The summed E-state index contributed by atoms with van der Waals surface area (Å²) >= 11 is 4.55. The van der Waals surface area contributed by atoms with Crippen LogP contribution in [-0.4, -0.2) is 22.9 Å². The average Bonchev–Trinajstić information content (AvgIpc) is 2.67. The highest BCUT2D eigenvalue weighted by molar-refractivity contribution is 6.13. The maximum Gasteiger partial charge on any atom is 0.220 e. The monoisotopic (exact) mass is 397 g/mol. The minimum Gasteiger partial charge on any atom is -0.385 e. The number of carbonyl (C=O) groups excluding carboxylic acids is 2. The van der Waals surface area contributed by atoms with Gasteiger partial charge in [-0.3, -0.25) is 9.59 Å². The molecule has 0 radical (unpaired) electrons. The second-order valence-corrected chi connectivity index (χ2v) is 6.26. The van der Waals surface area contributed by atoms with Crippen LogP contribution in [0, 0.1) is 11.4 Å². The molecule has 1 unspecified atom stereocenters. The third-order valence-electron chi connectivity index (χ3n) is 3.94. The number of benzene rings is 1. The van der Waals surface area contributed by atoms with Gasteiger partial charge in [0.05, 0.1) is 17.8 Å². The second kappa shape index (κ2) is 14.9. The SMILES string of the molecule is CCCC(C)C(=O)[C@H](O)CCC(=O)N[C@H](C)c1ccccc1.N=NN=NCl. The predicted octanol–water partition coefficient (Wildman–Crippen LogP) is 4.55. The van der Waals surface area contributed by atoms with E-state index in [2.05, 4.69) is 32.2 Å². The molecule has 0 aliphatic heterocycles. The number of rotatable bonds is 10. The second-order valence-electron chi connectivity index (χ2n) is 6.11. The van der Waals surface area contributed by atoms with Gasteiger partial charge in [-0.2, -0.15) is 5.53 Å². The lowest BCUT2D eigenvalue weighted by Gasteiger charge is -2.16. The normalized spacial score (nSPS) is 13.8. The number of carbonyl (C=O) groups is 2.